The number of carbonyl (C=O) groups is 9. The summed E-state index contributed by atoms with van der Waals surface area (Å²) in [5, 5.41) is 34.9. The van der Waals surface area contributed by atoms with E-state index in [1.54, 1.807) is 19.1 Å². The summed E-state index contributed by atoms with van der Waals surface area (Å²) >= 11 is 0. The van der Waals surface area contributed by atoms with Crippen LogP contribution in [-0.4, -0.2) is 159 Å². The first-order valence-electron chi connectivity index (χ1n) is 32.7. The summed E-state index contributed by atoms with van der Waals surface area (Å²) in [7, 11) is -3.86. The molecule has 1 aromatic rings. The Hall–Kier alpha value is -5.73. The Balaban J connectivity index is 2.26. The van der Waals surface area contributed by atoms with Crippen molar-refractivity contribution in [1.29, 1.82) is 5.41 Å². The molecule has 514 valence electrons. The zero-order valence-electron chi connectivity index (χ0n) is 54.1. The molecule has 0 fully saturated rings. The fraction of sp³-hybridized carbons (Fsp3) is 0.754. The smallest absolute Gasteiger partial charge is 0.326 e. The van der Waals surface area contributed by atoms with Crippen LogP contribution in [0, 0.1) is 35.0 Å². The molecule has 0 saturated carbocycles. The van der Waals surface area contributed by atoms with Gasteiger partial charge in [0.25, 0.3) is 10.1 Å². The van der Waals surface area contributed by atoms with Crippen molar-refractivity contribution in [3.8, 4) is 5.75 Å². The average Bonchev–Trinajstić information content (AvgIpc) is 1.71. The number of nitrogens with two attached hydrogens (primary N) is 2. The number of amidine groups is 1. The molecule has 0 heterocycles. The fourth-order valence-electron chi connectivity index (χ4n) is 10.4. The summed E-state index contributed by atoms with van der Waals surface area (Å²) in [6, 6.07) is 5.10. The van der Waals surface area contributed by atoms with Crippen molar-refractivity contribution >= 4 is 68.7 Å². The number of primary amides is 1. The second kappa shape index (κ2) is 50.9. The highest BCUT2D eigenvalue weighted by Gasteiger charge is 2.36. The number of ether oxygens (including phenoxy) is 4. The molecular weight excluding hydrogens is 1180 g/mol. The first-order chi connectivity index (χ1) is 42.9. The number of unbranched alkanes of at least 4 members (excludes halogenated alkanes) is 14. The van der Waals surface area contributed by atoms with Crippen LogP contribution in [-0.2, 0) is 78.6 Å². The molecule has 4 amide bonds. The van der Waals surface area contributed by atoms with Crippen molar-refractivity contribution in [2.45, 2.75) is 213 Å². The van der Waals surface area contributed by atoms with Gasteiger partial charge < -0.3 is 56.6 Å². The summed E-state index contributed by atoms with van der Waals surface area (Å²) in [5.41, 5.74) is 12.0. The number of nitrogens with one attached hydrogen (secondary N) is 4. The van der Waals surface area contributed by atoms with Crippen LogP contribution in [0.15, 0.2) is 24.3 Å². The number of rotatable bonds is 61. The Kier molecular flexibility index (Phi) is 46.5. The number of carboxylic acids is 1. The number of phenols is 1. The normalized spacial score (nSPS) is 13.2. The Bertz CT molecular complexity index is 2370. The van der Waals surface area contributed by atoms with Crippen molar-refractivity contribution in [1.82, 2.24) is 16.0 Å². The lowest BCUT2D eigenvalue weighted by atomic mass is 9.75. The highest BCUT2D eigenvalue weighted by Crippen LogP contribution is 2.31. The van der Waals surface area contributed by atoms with E-state index < -0.39 is 51.7 Å². The largest absolute Gasteiger partial charge is 0.508 e. The number of hydrogen-bond acceptors (Lipinski definition) is 17. The maximum atomic E-state index is 14.3. The van der Waals surface area contributed by atoms with Gasteiger partial charge in [-0.05, 0) is 81.4 Å². The van der Waals surface area contributed by atoms with Crippen LogP contribution in [0.4, 0.5) is 0 Å². The predicted molar refractivity (Wildman–Crippen MR) is 342 cm³/mol. The van der Waals surface area contributed by atoms with Crippen LogP contribution in [0.2, 0.25) is 0 Å². The third-order valence-corrected chi connectivity index (χ3v) is 16.2. The highest BCUT2D eigenvalue weighted by atomic mass is 32.2. The lowest BCUT2D eigenvalue weighted by molar-refractivity contribution is -0.142. The first kappa shape index (κ1) is 82.3. The summed E-state index contributed by atoms with van der Waals surface area (Å²) in [4.78, 5) is 115. The SMILES string of the molecule is CC(C)CC(=O)C[C@@H](CCCCNC(=O)COCCOCCCC(=O)COCCOCCNC(=O)CC[C@H](NC(=O)CCCCCCCCCCCCCCCS(=O)(=O)O)C(=O)O)C(=O)C(C)[C@@H](CCCCC(=N)N)C(=O)C[C@@H](Cc1ccc(O)cc1)C(N)=O. The molecule has 90 heavy (non-hydrogen) atoms. The Labute approximate surface area is 534 Å². The Morgan fingerprint density at radius 1 is 0.544 bits per heavy atom. The molecule has 0 aromatic heterocycles. The molecule has 11 N–H and O–H groups in total. The number of amides is 4. The number of hydrogen-bond donors (Lipinski definition) is 9. The molecule has 0 aliphatic carbocycles. The maximum absolute atomic E-state index is 14.3. The molecule has 0 aliphatic heterocycles. The first-order valence-corrected chi connectivity index (χ1v) is 34.3. The maximum Gasteiger partial charge on any atom is 0.326 e. The minimum atomic E-state index is -3.86. The van der Waals surface area contributed by atoms with Crippen LogP contribution < -0.4 is 27.4 Å². The average molecular weight is 1300 g/mol. The summed E-state index contributed by atoms with van der Waals surface area (Å²) in [6.07, 6.45) is 16.7. The van der Waals surface area contributed by atoms with Crippen molar-refractivity contribution < 1.29 is 85.3 Å². The van der Waals surface area contributed by atoms with E-state index in [1.165, 1.54) is 12.1 Å². The standard InChI is InChI=1S/C65H110N6O18S/c1-48(2)42-55(74)44-51(63(79)49(3)56(24-16-17-25-59(66)67)58(75)45-52(64(68)80)43-50-27-29-53(72)30-28-50)22-18-19-33-69-62(78)47-89-40-37-86-35-21-23-54(73)46-88-39-38-87-36-34-70-60(76)32-31-57(65(81)82)71-61(77)26-15-13-11-9-7-5-4-6-8-10-12-14-20-41-90(83,84)85/h27-30,48-49,51-52,56-57,72H,4-26,31-47H2,1-3H3,(H3,66,67)(H2,68,80)(H,69,78)(H,70,76)(H,71,77)(H,81,82)(H,83,84,85)/t49?,51-,52-,56-,57+/m1/s1. The molecular formula is C65H110N6O18S. The third kappa shape index (κ3) is 45.5. The second-order valence-electron chi connectivity index (χ2n) is 24.0. The zero-order valence-corrected chi connectivity index (χ0v) is 54.9. The van der Waals surface area contributed by atoms with Gasteiger partial charge in [-0.1, -0.05) is 116 Å². The summed E-state index contributed by atoms with van der Waals surface area (Å²) in [5.74, 6) is -6.67. The minimum absolute atomic E-state index is 0.0149. The van der Waals surface area contributed by atoms with E-state index in [-0.39, 0.29) is 162 Å². The van der Waals surface area contributed by atoms with Gasteiger partial charge in [0, 0.05) is 88.3 Å². The molecule has 24 nitrogen and oxygen atoms in total. The van der Waals surface area contributed by atoms with Gasteiger partial charge in [-0.2, -0.15) is 8.42 Å². The van der Waals surface area contributed by atoms with Gasteiger partial charge >= 0.3 is 5.97 Å². The number of benzene rings is 1. The van der Waals surface area contributed by atoms with Crippen LogP contribution in [0.25, 0.3) is 0 Å². The minimum Gasteiger partial charge on any atom is -0.508 e. The topological polar surface area (TPSA) is 397 Å². The van der Waals surface area contributed by atoms with Gasteiger partial charge in [-0.25, -0.2) is 4.79 Å². The number of carboxylic acid groups (broad SMARTS) is 1. The van der Waals surface area contributed by atoms with E-state index in [0.717, 1.165) is 70.6 Å². The molecule has 0 bridgehead atoms. The van der Waals surface area contributed by atoms with Gasteiger partial charge in [-0.3, -0.25) is 48.3 Å². The van der Waals surface area contributed by atoms with E-state index >= 15 is 0 Å². The van der Waals surface area contributed by atoms with E-state index in [4.69, 9.17) is 40.4 Å². The number of Topliss-reactive ketones (excluding diaryl/α,β-unsaturated/α-hetero) is 4. The molecule has 1 rings (SSSR count). The number of phenolic OH excluding ortho intramolecular Hbond substituents is 1. The molecule has 0 saturated heterocycles. The van der Waals surface area contributed by atoms with Gasteiger partial charge in [0.15, 0.2) is 5.78 Å². The summed E-state index contributed by atoms with van der Waals surface area (Å²) < 4.78 is 52.1. The van der Waals surface area contributed by atoms with Crippen molar-refractivity contribution in [2.75, 3.05) is 71.7 Å². The summed E-state index contributed by atoms with van der Waals surface area (Å²) in [6.45, 7) is 6.90. The molecule has 25 heteroatoms. The predicted octanol–water partition coefficient (Wildman–Crippen LogP) is 7.45. The van der Waals surface area contributed by atoms with Gasteiger partial charge in [0.1, 0.15) is 42.4 Å². The van der Waals surface area contributed by atoms with Gasteiger partial charge in [-0.15, -0.1) is 0 Å². The van der Waals surface area contributed by atoms with E-state index in [1.807, 2.05) is 13.8 Å². The number of carbonyl (C=O) groups excluding carboxylic acids is 8. The molecule has 0 radical (unpaired) electrons. The molecule has 1 unspecified atom stereocenters. The lowest BCUT2D eigenvalue weighted by Crippen LogP contribution is -2.41. The third-order valence-electron chi connectivity index (χ3n) is 15.4. The fourth-order valence-corrected chi connectivity index (χ4v) is 10.9. The van der Waals surface area contributed by atoms with Crippen LogP contribution >= 0.6 is 0 Å². The molecule has 0 spiro atoms. The number of aliphatic carboxylic acids is 1. The van der Waals surface area contributed by atoms with Crippen LogP contribution in [0.3, 0.4) is 0 Å². The van der Waals surface area contributed by atoms with Crippen LogP contribution in [0.1, 0.15) is 206 Å². The quantitative estimate of drug-likeness (QED) is 0.0132. The lowest BCUT2D eigenvalue weighted by Gasteiger charge is -2.27. The van der Waals surface area contributed by atoms with Crippen LogP contribution in [0.5, 0.6) is 5.75 Å². The van der Waals surface area contributed by atoms with E-state index in [2.05, 4.69) is 16.0 Å². The monoisotopic (exact) mass is 1290 g/mol. The second-order valence-corrected chi connectivity index (χ2v) is 25.6. The molecule has 1 aromatic carbocycles. The zero-order chi connectivity index (χ0) is 67.0. The van der Waals surface area contributed by atoms with E-state index in [9.17, 15) is 61.8 Å². The molecule has 0 aliphatic rings. The number of aromatic hydroxyl groups is 1. The van der Waals surface area contributed by atoms with E-state index in [0.29, 0.717) is 89.3 Å². The van der Waals surface area contributed by atoms with Gasteiger partial charge in [0.05, 0.1) is 44.6 Å². The highest BCUT2D eigenvalue weighted by molar-refractivity contribution is 7.85. The van der Waals surface area contributed by atoms with Crippen molar-refractivity contribution in [2.24, 2.45) is 41.1 Å². The van der Waals surface area contributed by atoms with Crippen molar-refractivity contribution in [3.05, 3.63) is 29.8 Å². The Morgan fingerprint density at radius 3 is 1.69 bits per heavy atom. The Morgan fingerprint density at radius 2 is 1.10 bits per heavy atom. The number of ketones is 4. The van der Waals surface area contributed by atoms with Gasteiger partial charge in [0.2, 0.25) is 23.6 Å². The molecule has 5 atom stereocenters. The van der Waals surface area contributed by atoms with Crippen molar-refractivity contribution in [3.63, 3.8) is 0 Å².